The fraction of sp³-hybridized carbons (Fsp3) is 0.143. The number of halogens is 2. The SMILES string of the molecule is Cc1cc(-c2ccc(CC(=O)Cc3cc(F)cc(F)c3)cc2)ccn1. The zero-order valence-electron chi connectivity index (χ0n) is 13.8. The molecule has 0 spiro atoms. The van der Waals surface area contributed by atoms with E-state index in [0.717, 1.165) is 28.5 Å². The number of nitrogens with zero attached hydrogens (tertiary/aromatic N) is 1. The van der Waals surface area contributed by atoms with Gasteiger partial charge in [0.25, 0.3) is 0 Å². The van der Waals surface area contributed by atoms with Crippen molar-refractivity contribution in [2.75, 3.05) is 0 Å². The number of carbonyl (C=O) groups is 1. The molecule has 0 aliphatic heterocycles. The molecule has 126 valence electrons. The molecule has 0 aliphatic rings. The lowest BCUT2D eigenvalue weighted by Crippen LogP contribution is -2.07. The summed E-state index contributed by atoms with van der Waals surface area (Å²) in [6, 6.07) is 14.8. The zero-order chi connectivity index (χ0) is 17.8. The first-order valence-corrected chi connectivity index (χ1v) is 7.98. The van der Waals surface area contributed by atoms with Crippen LogP contribution in [0.25, 0.3) is 11.1 Å². The van der Waals surface area contributed by atoms with Crippen LogP contribution in [-0.2, 0) is 17.6 Å². The molecule has 0 aliphatic carbocycles. The third-order valence-corrected chi connectivity index (χ3v) is 3.91. The zero-order valence-corrected chi connectivity index (χ0v) is 13.8. The number of benzene rings is 2. The second-order valence-electron chi connectivity index (χ2n) is 6.05. The van der Waals surface area contributed by atoms with Crippen molar-refractivity contribution in [1.82, 2.24) is 4.98 Å². The first-order valence-electron chi connectivity index (χ1n) is 7.98. The third kappa shape index (κ3) is 4.57. The Kier molecular flexibility index (Phi) is 4.98. The Bertz CT molecular complexity index is 884. The molecule has 0 unspecified atom stereocenters. The molecular weight excluding hydrogens is 320 g/mol. The maximum absolute atomic E-state index is 13.2. The Morgan fingerprint density at radius 3 is 2.12 bits per heavy atom. The molecule has 4 heteroatoms. The number of aryl methyl sites for hydroxylation is 1. The molecule has 0 saturated carbocycles. The molecule has 1 aromatic heterocycles. The van der Waals surface area contributed by atoms with Crippen LogP contribution in [0.5, 0.6) is 0 Å². The van der Waals surface area contributed by atoms with Crippen molar-refractivity contribution in [1.29, 1.82) is 0 Å². The summed E-state index contributed by atoms with van der Waals surface area (Å²) in [7, 11) is 0. The van der Waals surface area contributed by atoms with Gasteiger partial charge in [0.2, 0.25) is 0 Å². The lowest BCUT2D eigenvalue weighted by molar-refractivity contribution is -0.117. The number of hydrogen-bond acceptors (Lipinski definition) is 2. The molecule has 3 rings (SSSR count). The van der Waals surface area contributed by atoms with Gasteiger partial charge in [-0.2, -0.15) is 0 Å². The van der Waals surface area contributed by atoms with Crippen LogP contribution in [0, 0.1) is 18.6 Å². The minimum atomic E-state index is -0.667. The van der Waals surface area contributed by atoms with E-state index in [4.69, 9.17) is 0 Å². The molecular formula is C21H17F2NO. The number of pyridine rings is 1. The van der Waals surface area contributed by atoms with E-state index in [9.17, 15) is 13.6 Å². The number of aromatic nitrogens is 1. The van der Waals surface area contributed by atoms with Gasteiger partial charge in [-0.3, -0.25) is 9.78 Å². The molecule has 0 amide bonds. The summed E-state index contributed by atoms with van der Waals surface area (Å²) in [6.07, 6.45) is 2.01. The van der Waals surface area contributed by atoms with E-state index in [1.807, 2.05) is 43.3 Å². The Hall–Kier alpha value is -2.88. The van der Waals surface area contributed by atoms with E-state index in [2.05, 4.69) is 4.98 Å². The van der Waals surface area contributed by atoms with Crippen LogP contribution < -0.4 is 0 Å². The molecule has 0 bridgehead atoms. The summed E-state index contributed by atoms with van der Waals surface area (Å²) < 4.78 is 26.4. The van der Waals surface area contributed by atoms with Gasteiger partial charge < -0.3 is 0 Å². The Morgan fingerprint density at radius 2 is 1.48 bits per heavy atom. The Morgan fingerprint density at radius 1 is 0.840 bits per heavy atom. The molecule has 0 radical (unpaired) electrons. The number of hydrogen-bond donors (Lipinski definition) is 0. The standard InChI is InChI=1S/C21H17F2NO/c1-14-8-18(6-7-24-14)17-4-2-15(3-5-17)11-21(25)12-16-9-19(22)13-20(23)10-16/h2-10,13H,11-12H2,1H3. The van der Waals surface area contributed by atoms with E-state index in [1.165, 1.54) is 12.1 Å². The summed E-state index contributed by atoms with van der Waals surface area (Å²) in [6.45, 7) is 1.94. The predicted molar refractivity (Wildman–Crippen MR) is 93.2 cm³/mol. The van der Waals surface area contributed by atoms with Crippen molar-refractivity contribution in [3.63, 3.8) is 0 Å². The van der Waals surface area contributed by atoms with Crippen LogP contribution in [0.1, 0.15) is 16.8 Å². The number of carbonyl (C=O) groups excluding carboxylic acids is 1. The maximum Gasteiger partial charge on any atom is 0.141 e. The number of ketones is 1. The molecule has 1 heterocycles. The first-order chi connectivity index (χ1) is 12.0. The van der Waals surface area contributed by atoms with Crippen molar-refractivity contribution in [3.05, 3.63) is 89.2 Å². The van der Waals surface area contributed by atoms with Crippen LogP contribution in [0.2, 0.25) is 0 Å². The average molecular weight is 337 g/mol. The summed E-state index contributed by atoms with van der Waals surface area (Å²) in [5, 5.41) is 0. The fourth-order valence-corrected chi connectivity index (χ4v) is 2.77. The van der Waals surface area contributed by atoms with Crippen LogP contribution in [0.3, 0.4) is 0 Å². The highest BCUT2D eigenvalue weighted by Crippen LogP contribution is 2.20. The van der Waals surface area contributed by atoms with E-state index >= 15 is 0 Å². The smallest absolute Gasteiger partial charge is 0.141 e. The Balaban J connectivity index is 1.67. The van der Waals surface area contributed by atoms with Crippen molar-refractivity contribution < 1.29 is 13.6 Å². The summed E-state index contributed by atoms with van der Waals surface area (Å²) >= 11 is 0. The second kappa shape index (κ2) is 7.34. The minimum Gasteiger partial charge on any atom is -0.299 e. The lowest BCUT2D eigenvalue weighted by Gasteiger charge is -2.06. The van der Waals surface area contributed by atoms with Gasteiger partial charge in [-0.05, 0) is 53.4 Å². The Labute approximate surface area is 145 Å². The predicted octanol–water partition coefficient (Wildman–Crippen LogP) is 4.69. The molecule has 0 atom stereocenters. The highest BCUT2D eigenvalue weighted by molar-refractivity contribution is 5.83. The number of rotatable bonds is 5. The monoisotopic (exact) mass is 337 g/mol. The quantitative estimate of drug-likeness (QED) is 0.676. The number of Topliss-reactive ketones (excluding diaryl/α,β-unsaturated/α-hetero) is 1. The van der Waals surface area contributed by atoms with Crippen molar-refractivity contribution >= 4 is 5.78 Å². The van der Waals surface area contributed by atoms with Gasteiger partial charge in [0, 0.05) is 30.8 Å². The van der Waals surface area contributed by atoms with Crippen LogP contribution >= 0.6 is 0 Å². The largest absolute Gasteiger partial charge is 0.299 e. The van der Waals surface area contributed by atoms with E-state index in [-0.39, 0.29) is 18.6 Å². The van der Waals surface area contributed by atoms with Gasteiger partial charge >= 0.3 is 0 Å². The summed E-state index contributed by atoms with van der Waals surface area (Å²) in [5.74, 6) is -1.42. The highest BCUT2D eigenvalue weighted by Gasteiger charge is 2.08. The third-order valence-electron chi connectivity index (χ3n) is 3.91. The first kappa shape index (κ1) is 17.0. The molecule has 0 fully saturated rings. The molecule has 2 nitrogen and oxygen atoms in total. The van der Waals surface area contributed by atoms with E-state index in [0.29, 0.717) is 5.56 Å². The van der Waals surface area contributed by atoms with E-state index < -0.39 is 11.6 Å². The van der Waals surface area contributed by atoms with Crippen molar-refractivity contribution in [3.8, 4) is 11.1 Å². The topological polar surface area (TPSA) is 30.0 Å². The molecule has 2 aromatic carbocycles. The average Bonchev–Trinajstić information content (AvgIpc) is 2.54. The van der Waals surface area contributed by atoms with Gasteiger partial charge in [-0.1, -0.05) is 24.3 Å². The molecule has 0 N–H and O–H groups in total. The molecule has 3 aromatic rings. The van der Waals surface area contributed by atoms with Crippen molar-refractivity contribution in [2.24, 2.45) is 0 Å². The van der Waals surface area contributed by atoms with Gasteiger partial charge in [-0.15, -0.1) is 0 Å². The second-order valence-corrected chi connectivity index (χ2v) is 6.05. The van der Waals surface area contributed by atoms with Gasteiger partial charge in [-0.25, -0.2) is 8.78 Å². The summed E-state index contributed by atoms with van der Waals surface area (Å²) in [4.78, 5) is 16.3. The fourth-order valence-electron chi connectivity index (χ4n) is 2.77. The van der Waals surface area contributed by atoms with Crippen molar-refractivity contribution in [2.45, 2.75) is 19.8 Å². The lowest BCUT2D eigenvalue weighted by atomic mass is 9.99. The highest BCUT2D eigenvalue weighted by atomic mass is 19.1. The van der Waals surface area contributed by atoms with Crippen LogP contribution in [0.4, 0.5) is 8.78 Å². The normalized spacial score (nSPS) is 10.7. The van der Waals surface area contributed by atoms with Gasteiger partial charge in [0.1, 0.15) is 17.4 Å². The maximum atomic E-state index is 13.2. The van der Waals surface area contributed by atoms with Gasteiger partial charge in [0.05, 0.1) is 0 Å². The molecule has 25 heavy (non-hydrogen) atoms. The van der Waals surface area contributed by atoms with E-state index in [1.54, 1.807) is 6.20 Å². The minimum absolute atomic E-state index is 0.0139. The molecule has 0 saturated heterocycles. The van der Waals surface area contributed by atoms with Crippen LogP contribution in [0.15, 0.2) is 60.8 Å². The summed E-state index contributed by atoms with van der Waals surface area (Å²) in [5.41, 5.74) is 4.29. The van der Waals surface area contributed by atoms with Gasteiger partial charge in [0.15, 0.2) is 0 Å². The van der Waals surface area contributed by atoms with Crippen LogP contribution in [-0.4, -0.2) is 10.8 Å².